The zero-order valence-corrected chi connectivity index (χ0v) is 13.2. The molecule has 0 radical (unpaired) electrons. The van der Waals surface area contributed by atoms with Gasteiger partial charge in [0.25, 0.3) is 0 Å². The summed E-state index contributed by atoms with van der Waals surface area (Å²) in [6.45, 7) is 4.69. The van der Waals surface area contributed by atoms with Crippen LogP contribution in [0, 0.1) is 5.92 Å². The molecule has 110 valence electrons. The van der Waals surface area contributed by atoms with Gasteiger partial charge in [0.05, 0.1) is 6.04 Å². The molecule has 0 aromatic carbocycles. The molecule has 3 nitrogen and oxygen atoms in total. The van der Waals surface area contributed by atoms with Gasteiger partial charge in [0, 0.05) is 45.1 Å². The smallest absolute Gasteiger partial charge is 0.0529 e. The summed E-state index contributed by atoms with van der Waals surface area (Å²) in [5.41, 5.74) is 1.51. The first kappa shape index (κ1) is 16.8. The van der Waals surface area contributed by atoms with Crippen molar-refractivity contribution in [2.75, 3.05) is 26.2 Å². The van der Waals surface area contributed by atoms with E-state index in [2.05, 4.69) is 40.2 Å². The predicted molar refractivity (Wildman–Crippen MR) is 84.4 cm³/mol. The van der Waals surface area contributed by atoms with E-state index in [9.17, 15) is 0 Å². The summed E-state index contributed by atoms with van der Waals surface area (Å²) >= 11 is 0. The van der Waals surface area contributed by atoms with E-state index >= 15 is 0 Å². The molecular weight excluding hydrogens is 281 g/mol. The molecule has 2 fully saturated rings. The molecule has 0 spiro atoms. The molecule has 3 rings (SSSR count). The molecule has 0 bridgehead atoms. The number of halogens is 2. The van der Waals surface area contributed by atoms with E-state index < -0.39 is 0 Å². The quantitative estimate of drug-likeness (QED) is 0.926. The van der Waals surface area contributed by atoms with Crippen LogP contribution in [-0.2, 0) is 7.05 Å². The maximum atomic E-state index is 3.46. The van der Waals surface area contributed by atoms with Gasteiger partial charge >= 0.3 is 0 Å². The van der Waals surface area contributed by atoms with Gasteiger partial charge in [-0.2, -0.15) is 0 Å². The second-order valence-electron chi connectivity index (χ2n) is 5.47. The molecule has 1 saturated heterocycles. The first-order valence-electron chi connectivity index (χ1n) is 6.92. The van der Waals surface area contributed by atoms with Gasteiger partial charge in [0.2, 0.25) is 0 Å². The fourth-order valence-electron chi connectivity index (χ4n) is 3.22. The monoisotopic (exact) mass is 305 g/mol. The van der Waals surface area contributed by atoms with E-state index in [0.29, 0.717) is 6.04 Å². The van der Waals surface area contributed by atoms with Crippen LogP contribution in [0.5, 0.6) is 0 Å². The van der Waals surface area contributed by atoms with Gasteiger partial charge < -0.3 is 9.88 Å². The lowest BCUT2D eigenvalue weighted by atomic mass is 9.77. The molecule has 19 heavy (non-hydrogen) atoms. The number of aryl methyl sites for hydroxylation is 1. The molecule has 5 heteroatoms. The summed E-state index contributed by atoms with van der Waals surface area (Å²) in [6, 6.07) is 5.15. The highest BCUT2D eigenvalue weighted by molar-refractivity contribution is 5.85. The Hall–Kier alpha value is -0.220. The van der Waals surface area contributed by atoms with Gasteiger partial charge in [-0.25, -0.2) is 0 Å². The maximum absolute atomic E-state index is 3.46. The van der Waals surface area contributed by atoms with Crippen LogP contribution in [0.1, 0.15) is 31.0 Å². The average Bonchev–Trinajstić information content (AvgIpc) is 2.71. The van der Waals surface area contributed by atoms with Crippen molar-refractivity contribution in [1.29, 1.82) is 0 Å². The van der Waals surface area contributed by atoms with E-state index in [0.717, 1.165) is 19.0 Å². The molecule has 0 unspecified atom stereocenters. The van der Waals surface area contributed by atoms with Crippen molar-refractivity contribution in [3.05, 3.63) is 24.0 Å². The summed E-state index contributed by atoms with van der Waals surface area (Å²) in [5.74, 6) is 0.890. The summed E-state index contributed by atoms with van der Waals surface area (Å²) in [7, 11) is 2.18. The van der Waals surface area contributed by atoms with Crippen LogP contribution in [-0.4, -0.2) is 35.6 Å². The topological polar surface area (TPSA) is 20.2 Å². The van der Waals surface area contributed by atoms with Crippen LogP contribution in [0.2, 0.25) is 0 Å². The summed E-state index contributed by atoms with van der Waals surface area (Å²) < 4.78 is 2.31. The van der Waals surface area contributed by atoms with E-state index in [-0.39, 0.29) is 24.8 Å². The SMILES string of the molecule is Cl.Cl.Cn1cccc1[C@@H](C1CCC1)N1CCNCC1. The number of nitrogens with one attached hydrogen (secondary N) is 1. The van der Waals surface area contributed by atoms with Crippen molar-refractivity contribution in [3.63, 3.8) is 0 Å². The number of aromatic nitrogens is 1. The van der Waals surface area contributed by atoms with E-state index in [1.165, 1.54) is 38.0 Å². The third-order valence-electron chi connectivity index (χ3n) is 4.43. The van der Waals surface area contributed by atoms with Crippen molar-refractivity contribution >= 4 is 24.8 Å². The lowest BCUT2D eigenvalue weighted by Gasteiger charge is -2.43. The predicted octanol–water partition coefficient (Wildman–Crippen LogP) is 2.62. The molecule has 2 heterocycles. The molecule has 0 amide bonds. The molecule has 2 aliphatic rings. The summed E-state index contributed by atoms with van der Waals surface area (Å²) in [6.07, 6.45) is 6.44. The van der Waals surface area contributed by atoms with Gasteiger partial charge in [-0.3, -0.25) is 4.90 Å². The fourth-order valence-corrected chi connectivity index (χ4v) is 3.22. The molecule has 1 N–H and O–H groups in total. The van der Waals surface area contributed by atoms with Crippen LogP contribution in [0.25, 0.3) is 0 Å². The van der Waals surface area contributed by atoms with Gasteiger partial charge in [-0.15, -0.1) is 24.8 Å². The van der Waals surface area contributed by atoms with Crippen molar-refractivity contribution in [2.45, 2.75) is 25.3 Å². The largest absolute Gasteiger partial charge is 0.353 e. The second-order valence-corrected chi connectivity index (χ2v) is 5.47. The molecule has 1 atom stereocenters. The summed E-state index contributed by atoms with van der Waals surface area (Å²) in [5, 5.41) is 3.46. The zero-order chi connectivity index (χ0) is 11.7. The molecule has 1 aliphatic heterocycles. The number of hydrogen-bond donors (Lipinski definition) is 1. The Morgan fingerprint density at radius 3 is 2.37 bits per heavy atom. The minimum Gasteiger partial charge on any atom is -0.353 e. The molecule has 1 aliphatic carbocycles. The van der Waals surface area contributed by atoms with Gasteiger partial charge in [-0.05, 0) is 30.9 Å². The third kappa shape index (κ3) is 3.46. The van der Waals surface area contributed by atoms with Gasteiger partial charge in [0.1, 0.15) is 0 Å². The summed E-state index contributed by atoms with van der Waals surface area (Å²) in [4.78, 5) is 2.69. The normalized spacial score (nSPS) is 21.9. The molecule has 1 aromatic heterocycles. The fraction of sp³-hybridized carbons (Fsp3) is 0.714. The van der Waals surface area contributed by atoms with E-state index in [4.69, 9.17) is 0 Å². The van der Waals surface area contributed by atoms with Crippen molar-refractivity contribution in [2.24, 2.45) is 13.0 Å². The zero-order valence-electron chi connectivity index (χ0n) is 11.5. The Kier molecular flexibility index (Phi) is 6.67. The van der Waals surface area contributed by atoms with Gasteiger partial charge in [0.15, 0.2) is 0 Å². The highest BCUT2D eigenvalue weighted by atomic mass is 35.5. The standard InChI is InChI=1S/C14H23N3.2ClH/c1-16-9-3-6-13(16)14(12-4-2-5-12)17-10-7-15-8-11-17;;/h3,6,9,12,14-15H,2,4-5,7-8,10-11H2,1H3;2*1H/t14-;;/m1../s1. The molecule has 1 aromatic rings. The van der Waals surface area contributed by atoms with Crippen LogP contribution < -0.4 is 5.32 Å². The minimum atomic E-state index is 0. The number of nitrogens with zero attached hydrogens (tertiary/aromatic N) is 2. The van der Waals surface area contributed by atoms with E-state index in [1.807, 2.05) is 0 Å². The lowest BCUT2D eigenvalue weighted by molar-refractivity contribution is 0.0790. The van der Waals surface area contributed by atoms with Crippen LogP contribution >= 0.6 is 24.8 Å². The minimum absolute atomic E-state index is 0. The van der Waals surface area contributed by atoms with E-state index in [1.54, 1.807) is 0 Å². The number of piperazine rings is 1. The Morgan fingerprint density at radius 1 is 1.21 bits per heavy atom. The Balaban J connectivity index is 0.000000902. The third-order valence-corrected chi connectivity index (χ3v) is 4.43. The maximum Gasteiger partial charge on any atom is 0.0529 e. The number of hydrogen-bond acceptors (Lipinski definition) is 2. The first-order valence-corrected chi connectivity index (χ1v) is 6.92. The van der Waals surface area contributed by atoms with Crippen LogP contribution in [0.4, 0.5) is 0 Å². The Bertz CT molecular complexity index is 371. The van der Waals surface area contributed by atoms with Crippen molar-refractivity contribution in [3.8, 4) is 0 Å². The Labute approximate surface area is 128 Å². The number of rotatable bonds is 3. The molecular formula is C14H25Cl2N3. The highest BCUT2D eigenvalue weighted by Crippen LogP contribution is 2.41. The van der Waals surface area contributed by atoms with Crippen molar-refractivity contribution in [1.82, 2.24) is 14.8 Å². The second kappa shape index (κ2) is 7.53. The van der Waals surface area contributed by atoms with Crippen LogP contribution in [0.15, 0.2) is 18.3 Å². The first-order chi connectivity index (χ1) is 8.36. The average molecular weight is 306 g/mol. The Morgan fingerprint density at radius 2 is 1.89 bits per heavy atom. The molecule has 1 saturated carbocycles. The lowest BCUT2D eigenvalue weighted by Crippen LogP contribution is -2.48. The van der Waals surface area contributed by atoms with Crippen LogP contribution in [0.3, 0.4) is 0 Å². The highest BCUT2D eigenvalue weighted by Gasteiger charge is 2.34. The van der Waals surface area contributed by atoms with Crippen molar-refractivity contribution < 1.29 is 0 Å². The van der Waals surface area contributed by atoms with Gasteiger partial charge in [-0.1, -0.05) is 6.42 Å².